The minimum absolute atomic E-state index is 0.153. The molecular formula is C19H23N3O6. The molecule has 0 aliphatic carbocycles. The fraction of sp³-hybridized carbons (Fsp3) is 0.474. The average molecular weight is 389 g/mol. The van der Waals surface area contributed by atoms with Crippen molar-refractivity contribution in [1.29, 1.82) is 0 Å². The van der Waals surface area contributed by atoms with Gasteiger partial charge in [-0.3, -0.25) is 4.90 Å². The summed E-state index contributed by atoms with van der Waals surface area (Å²) in [7, 11) is 0. The van der Waals surface area contributed by atoms with Gasteiger partial charge >= 0.3 is 12.0 Å². The molecule has 0 bridgehead atoms. The second-order valence-corrected chi connectivity index (χ2v) is 6.65. The number of morpholine rings is 1. The number of nitrogens with zero attached hydrogens (tertiary/aromatic N) is 1. The second kappa shape index (κ2) is 8.07. The highest BCUT2D eigenvalue weighted by atomic mass is 16.7. The van der Waals surface area contributed by atoms with E-state index in [0.29, 0.717) is 42.5 Å². The van der Waals surface area contributed by atoms with E-state index in [1.165, 1.54) is 0 Å². The average Bonchev–Trinajstić information content (AvgIpc) is 3.16. The second-order valence-electron chi connectivity index (χ2n) is 6.65. The van der Waals surface area contributed by atoms with Crippen molar-refractivity contribution in [2.45, 2.75) is 13.0 Å². The van der Waals surface area contributed by atoms with Crippen molar-refractivity contribution in [2.75, 3.05) is 46.2 Å². The molecule has 28 heavy (non-hydrogen) atoms. The van der Waals surface area contributed by atoms with Gasteiger partial charge in [0.1, 0.15) is 0 Å². The van der Waals surface area contributed by atoms with Gasteiger partial charge < -0.3 is 29.6 Å². The number of urea groups is 1. The van der Waals surface area contributed by atoms with E-state index in [-0.39, 0.29) is 19.4 Å². The van der Waals surface area contributed by atoms with Gasteiger partial charge in [0, 0.05) is 25.3 Å². The van der Waals surface area contributed by atoms with E-state index in [0.717, 1.165) is 18.7 Å². The third-order valence-corrected chi connectivity index (χ3v) is 4.86. The van der Waals surface area contributed by atoms with Crippen molar-refractivity contribution in [3.8, 4) is 11.5 Å². The van der Waals surface area contributed by atoms with Gasteiger partial charge in [0.15, 0.2) is 11.5 Å². The van der Waals surface area contributed by atoms with Crippen LogP contribution in [0.15, 0.2) is 29.5 Å². The molecule has 0 unspecified atom stereocenters. The molecule has 0 saturated carbocycles. The molecule has 3 aliphatic rings. The molecule has 0 aromatic heterocycles. The lowest BCUT2D eigenvalue weighted by molar-refractivity contribution is -0.139. The molecule has 9 heteroatoms. The molecule has 1 atom stereocenters. The van der Waals surface area contributed by atoms with Crippen LogP contribution in [0.3, 0.4) is 0 Å². The normalized spacial score (nSPS) is 21.9. The van der Waals surface area contributed by atoms with Gasteiger partial charge in [0.05, 0.1) is 31.4 Å². The molecule has 4 rings (SSSR count). The Hall–Kier alpha value is -2.78. The van der Waals surface area contributed by atoms with Crippen LogP contribution in [0.1, 0.15) is 18.5 Å². The first-order valence-electron chi connectivity index (χ1n) is 9.33. The Morgan fingerprint density at radius 1 is 1.25 bits per heavy atom. The lowest BCUT2D eigenvalue weighted by atomic mass is 9.94. The van der Waals surface area contributed by atoms with Crippen molar-refractivity contribution in [1.82, 2.24) is 15.5 Å². The maximum absolute atomic E-state index is 12.8. The summed E-state index contributed by atoms with van der Waals surface area (Å²) in [6.07, 6.45) is 0. The van der Waals surface area contributed by atoms with Crippen molar-refractivity contribution in [2.24, 2.45) is 0 Å². The fourth-order valence-corrected chi connectivity index (χ4v) is 3.52. The molecule has 3 heterocycles. The smallest absolute Gasteiger partial charge is 0.338 e. The molecule has 0 spiro atoms. The zero-order chi connectivity index (χ0) is 19.5. The molecule has 150 valence electrons. The van der Waals surface area contributed by atoms with Crippen LogP contribution in [0, 0.1) is 0 Å². The number of nitrogens with one attached hydrogen (secondary N) is 2. The van der Waals surface area contributed by atoms with Crippen LogP contribution in [-0.2, 0) is 14.3 Å². The Bertz CT molecular complexity index is 803. The lowest BCUT2D eigenvalue weighted by Gasteiger charge is -2.33. The quantitative estimate of drug-likeness (QED) is 0.723. The first-order valence-corrected chi connectivity index (χ1v) is 9.33. The summed E-state index contributed by atoms with van der Waals surface area (Å²) < 4.78 is 21.5. The Morgan fingerprint density at radius 3 is 2.82 bits per heavy atom. The van der Waals surface area contributed by atoms with Crippen LogP contribution >= 0.6 is 0 Å². The number of rotatable bonds is 5. The Morgan fingerprint density at radius 2 is 2.04 bits per heavy atom. The summed E-state index contributed by atoms with van der Waals surface area (Å²) in [5.41, 5.74) is 1.67. The van der Waals surface area contributed by atoms with Gasteiger partial charge in [0.25, 0.3) is 0 Å². The number of hydrogen-bond donors (Lipinski definition) is 2. The molecule has 0 radical (unpaired) electrons. The number of esters is 1. The Kier molecular flexibility index (Phi) is 5.36. The number of carbonyl (C=O) groups is 2. The summed E-state index contributed by atoms with van der Waals surface area (Å²) in [6.45, 7) is 5.31. The molecule has 2 N–H and O–H groups in total. The minimum atomic E-state index is -0.640. The summed E-state index contributed by atoms with van der Waals surface area (Å²) in [4.78, 5) is 27.3. The maximum Gasteiger partial charge on any atom is 0.338 e. The number of benzene rings is 1. The van der Waals surface area contributed by atoms with Crippen LogP contribution in [0.5, 0.6) is 11.5 Å². The van der Waals surface area contributed by atoms with Crippen LogP contribution < -0.4 is 20.1 Å². The predicted octanol–water partition coefficient (Wildman–Crippen LogP) is 0.919. The van der Waals surface area contributed by atoms with Crippen molar-refractivity contribution in [3.05, 3.63) is 35.0 Å². The third kappa shape index (κ3) is 3.76. The van der Waals surface area contributed by atoms with E-state index in [4.69, 9.17) is 18.9 Å². The molecule has 2 amide bonds. The van der Waals surface area contributed by atoms with Gasteiger partial charge in [0.2, 0.25) is 6.79 Å². The number of carbonyl (C=O) groups excluding carboxylic acids is 2. The highest BCUT2D eigenvalue weighted by Crippen LogP contribution is 2.37. The molecule has 1 aromatic carbocycles. The highest BCUT2D eigenvalue weighted by Gasteiger charge is 2.35. The maximum atomic E-state index is 12.8. The number of fused-ring (bicyclic) bond motifs is 1. The van der Waals surface area contributed by atoms with Crippen molar-refractivity contribution >= 4 is 12.0 Å². The van der Waals surface area contributed by atoms with Crippen molar-refractivity contribution in [3.63, 3.8) is 0 Å². The summed E-state index contributed by atoms with van der Waals surface area (Å²) >= 11 is 0. The monoisotopic (exact) mass is 389 g/mol. The van der Waals surface area contributed by atoms with E-state index in [2.05, 4.69) is 15.5 Å². The number of ether oxygens (including phenoxy) is 4. The van der Waals surface area contributed by atoms with Gasteiger partial charge in [-0.15, -0.1) is 0 Å². The minimum Gasteiger partial charge on any atom is -0.463 e. The molecule has 9 nitrogen and oxygen atoms in total. The highest BCUT2D eigenvalue weighted by molar-refractivity contribution is 5.95. The first-order chi connectivity index (χ1) is 13.7. The molecule has 3 aliphatic heterocycles. The third-order valence-electron chi connectivity index (χ3n) is 4.86. The van der Waals surface area contributed by atoms with Gasteiger partial charge in [-0.2, -0.15) is 0 Å². The standard InChI is InChI=1S/C19H23N3O6/c1-2-26-18(23)16-13(10-22-5-7-25-8-6-22)20-19(24)21-17(16)12-3-4-14-15(9-12)28-11-27-14/h3-4,9,17H,2,5-8,10-11H2,1H3,(H2,20,21,24)/t17-/m0/s1. The van der Waals surface area contributed by atoms with E-state index >= 15 is 0 Å². The fourth-order valence-electron chi connectivity index (χ4n) is 3.52. The zero-order valence-electron chi connectivity index (χ0n) is 15.7. The Labute approximate surface area is 162 Å². The summed E-state index contributed by atoms with van der Waals surface area (Å²) in [5.74, 6) is 0.767. The topological polar surface area (TPSA) is 98.4 Å². The van der Waals surface area contributed by atoms with Crippen molar-refractivity contribution < 1.29 is 28.5 Å². The van der Waals surface area contributed by atoms with Gasteiger partial charge in [-0.25, -0.2) is 9.59 Å². The first kappa shape index (κ1) is 18.6. The zero-order valence-corrected chi connectivity index (χ0v) is 15.7. The molecule has 1 aromatic rings. The number of hydrogen-bond acceptors (Lipinski definition) is 7. The van der Waals surface area contributed by atoms with E-state index < -0.39 is 12.0 Å². The summed E-state index contributed by atoms with van der Waals surface area (Å²) in [6, 6.07) is 4.37. The van der Waals surface area contributed by atoms with Gasteiger partial charge in [-0.1, -0.05) is 6.07 Å². The van der Waals surface area contributed by atoms with Gasteiger partial charge in [-0.05, 0) is 24.6 Å². The van der Waals surface area contributed by atoms with Crippen LogP contribution in [0.4, 0.5) is 4.79 Å². The largest absolute Gasteiger partial charge is 0.463 e. The molecular weight excluding hydrogens is 366 g/mol. The molecule has 1 saturated heterocycles. The predicted molar refractivity (Wildman–Crippen MR) is 97.9 cm³/mol. The lowest BCUT2D eigenvalue weighted by Crippen LogP contribution is -2.49. The SMILES string of the molecule is CCOC(=O)C1=C(CN2CCOCC2)NC(=O)N[C@H]1c1ccc2c(c1)OCO2. The summed E-state index contributed by atoms with van der Waals surface area (Å²) in [5, 5.41) is 5.63. The Balaban J connectivity index is 1.70. The number of amides is 2. The van der Waals surface area contributed by atoms with Crippen LogP contribution in [0.25, 0.3) is 0 Å². The van der Waals surface area contributed by atoms with E-state index in [1.54, 1.807) is 19.1 Å². The van der Waals surface area contributed by atoms with E-state index in [9.17, 15) is 9.59 Å². The van der Waals surface area contributed by atoms with Crippen LogP contribution in [-0.4, -0.2) is 63.1 Å². The molecule has 1 fully saturated rings. The van der Waals surface area contributed by atoms with Crippen LogP contribution in [0.2, 0.25) is 0 Å². The van der Waals surface area contributed by atoms with E-state index in [1.807, 2.05) is 6.07 Å².